The Hall–Kier alpha value is -1.55. The van der Waals surface area contributed by atoms with E-state index in [0.717, 1.165) is 5.75 Å². The second-order valence-corrected chi connectivity index (χ2v) is 5.32. The zero-order valence-electron chi connectivity index (χ0n) is 13.0. The summed E-state index contributed by atoms with van der Waals surface area (Å²) in [4.78, 5) is 11.9. The lowest BCUT2D eigenvalue weighted by atomic mass is 10.0. The first kappa shape index (κ1) is 16.5. The highest BCUT2D eigenvalue weighted by Crippen LogP contribution is 2.21. The Morgan fingerprint density at radius 1 is 1.40 bits per heavy atom. The Morgan fingerprint density at radius 3 is 2.65 bits per heavy atom. The highest BCUT2D eigenvalue weighted by molar-refractivity contribution is 5.80. The summed E-state index contributed by atoms with van der Waals surface area (Å²) in [6.07, 6.45) is 0. The van der Waals surface area contributed by atoms with Gasteiger partial charge < -0.3 is 14.8 Å². The van der Waals surface area contributed by atoms with Crippen LogP contribution < -0.4 is 10.1 Å². The molecule has 0 spiro atoms. The first-order valence-corrected chi connectivity index (χ1v) is 7.02. The fraction of sp³-hybridized carbons (Fsp3) is 0.562. The third-order valence-corrected chi connectivity index (χ3v) is 3.33. The molecule has 0 aliphatic heterocycles. The number of rotatable bonds is 7. The van der Waals surface area contributed by atoms with Gasteiger partial charge in [-0.2, -0.15) is 0 Å². The molecule has 0 saturated heterocycles. The van der Waals surface area contributed by atoms with Gasteiger partial charge in [0.05, 0.1) is 6.61 Å². The summed E-state index contributed by atoms with van der Waals surface area (Å²) >= 11 is 0. The lowest BCUT2D eigenvalue weighted by Gasteiger charge is -2.26. The van der Waals surface area contributed by atoms with E-state index < -0.39 is 5.54 Å². The number of ether oxygens (including phenoxy) is 2. The molecule has 20 heavy (non-hydrogen) atoms. The molecule has 1 rings (SSSR count). The molecule has 4 nitrogen and oxygen atoms in total. The number of esters is 1. The molecule has 0 bridgehead atoms. The number of carbonyl (C=O) groups is 1. The summed E-state index contributed by atoms with van der Waals surface area (Å²) in [6, 6.07) is 7.94. The summed E-state index contributed by atoms with van der Waals surface area (Å²) in [7, 11) is 1.73. The Bertz CT molecular complexity index is 445. The second kappa shape index (κ2) is 7.29. The van der Waals surface area contributed by atoms with Crippen LogP contribution >= 0.6 is 0 Å². The van der Waals surface area contributed by atoms with Crippen molar-refractivity contribution < 1.29 is 14.3 Å². The van der Waals surface area contributed by atoms with Gasteiger partial charge in [0.2, 0.25) is 0 Å². The van der Waals surface area contributed by atoms with E-state index in [1.807, 2.05) is 18.2 Å². The molecule has 0 aliphatic rings. The van der Waals surface area contributed by atoms with Crippen LogP contribution in [0.5, 0.6) is 5.75 Å². The zero-order chi connectivity index (χ0) is 15.2. The molecule has 112 valence electrons. The summed E-state index contributed by atoms with van der Waals surface area (Å²) in [5.41, 5.74) is 0.369. The molecule has 0 radical (unpaired) electrons. The van der Waals surface area contributed by atoms with E-state index in [1.165, 1.54) is 5.56 Å². The van der Waals surface area contributed by atoms with Gasteiger partial charge in [-0.05, 0) is 44.5 Å². The summed E-state index contributed by atoms with van der Waals surface area (Å²) in [5, 5.41) is 2.97. The number of likely N-dealkylation sites (N-methyl/N-ethyl adjacent to an activating group) is 1. The lowest BCUT2D eigenvalue weighted by molar-refractivity contribution is -0.151. The molecule has 1 aromatic carbocycles. The fourth-order valence-corrected chi connectivity index (χ4v) is 1.71. The molecule has 0 aromatic heterocycles. The molecule has 1 N–H and O–H groups in total. The van der Waals surface area contributed by atoms with E-state index in [2.05, 4.69) is 25.2 Å². The van der Waals surface area contributed by atoms with Crippen molar-refractivity contribution in [3.8, 4) is 5.75 Å². The summed E-state index contributed by atoms with van der Waals surface area (Å²) < 4.78 is 10.8. The number of benzene rings is 1. The number of carbonyl (C=O) groups excluding carboxylic acids is 1. The number of hydrogen-bond acceptors (Lipinski definition) is 4. The standard InChI is InChI=1S/C16H25NO3/c1-6-19-15(18)16(4,17-5)11-20-14-9-7-8-13(10-14)12(2)3/h7-10,12,17H,6,11H2,1-5H3. The monoisotopic (exact) mass is 279 g/mol. The first-order chi connectivity index (χ1) is 9.42. The molecule has 4 heteroatoms. The topological polar surface area (TPSA) is 47.6 Å². The highest BCUT2D eigenvalue weighted by atomic mass is 16.5. The van der Waals surface area contributed by atoms with Gasteiger partial charge in [-0.15, -0.1) is 0 Å². The van der Waals surface area contributed by atoms with Crippen molar-refractivity contribution in [2.24, 2.45) is 0 Å². The summed E-state index contributed by atoms with van der Waals surface area (Å²) in [6.45, 7) is 8.42. The summed E-state index contributed by atoms with van der Waals surface area (Å²) in [5.74, 6) is 0.906. The van der Waals surface area contributed by atoms with Crippen molar-refractivity contribution in [3.63, 3.8) is 0 Å². The molecule has 1 aromatic rings. The predicted octanol–water partition coefficient (Wildman–Crippen LogP) is 2.73. The van der Waals surface area contributed by atoms with E-state index in [-0.39, 0.29) is 12.6 Å². The van der Waals surface area contributed by atoms with Crippen molar-refractivity contribution >= 4 is 5.97 Å². The quantitative estimate of drug-likeness (QED) is 0.780. The van der Waals surface area contributed by atoms with Crippen LogP contribution in [0.4, 0.5) is 0 Å². The SMILES string of the molecule is CCOC(=O)C(C)(COc1cccc(C(C)C)c1)NC. The van der Waals surface area contributed by atoms with Crippen LogP contribution in [0.2, 0.25) is 0 Å². The smallest absolute Gasteiger partial charge is 0.329 e. The van der Waals surface area contributed by atoms with Gasteiger partial charge in [-0.1, -0.05) is 26.0 Å². The fourth-order valence-electron chi connectivity index (χ4n) is 1.71. The van der Waals surface area contributed by atoms with Gasteiger partial charge in [0.1, 0.15) is 17.9 Å². The maximum absolute atomic E-state index is 11.9. The maximum atomic E-state index is 11.9. The third-order valence-electron chi connectivity index (χ3n) is 3.33. The molecular weight excluding hydrogens is 254 g/mol. The third kappa shape index (κ3) is 4.23. The van der Waals surface area contributed by atoms with Crippen LogP contribution in [0.3, 0.4) is 0 Å². The van der Waals surface area contributed by atoms with Crippen LogP contribution in [0.1, 0.15) is 39.2 Å². The van der Waals surface area contributed by atoms with E-state index in [0.29, 0.717) is 12.5 Å². The van der Waals surface area contributed by atoms with Crippen LogP contribution in [0.15, 0.2) is 24.3 Å². The van der Waals surface area contributed by atoms with Crippen molar-refractivity contribution in [2.45, 2.75) is 39.2 Å². The second-order valence-electron chi connectivity index (χ2n) is 5.32. The molecule has 1 atom stereocenters. The zero-order valence-corrected chi connectivity index (χ0v) is 13.0. The molecule has 0 amide bonds. The number of hydrogen-bond donors (Lipinski definition) is 1. The van der Waals surface area contributed by atoms with Crippen LogP contribution in [-0.2, 0) is 9.53 Å². The van der Waals surface area contributed by atoms with Crippen LogP contribution in [-0.4, -0.2) is 31.8 Å². The Kier molecular flexibility index (Phi) is 6.02. The van der Waals surface area contributed by atoms with Crippen molar-refractivity contribution in [1.82, 2.24) is 5.32 Å². The Balaban J connectivity index is 2.73. The van der Waals surface area contributed by atoms with Gasteiger partial charge in [-0.25, -0.2) is 4.79 Å². The minimum Gasteiger partial charge on any atom is -0.491 e. The van der Waals surface area contributed by atoms with E-state index in [4.69, 9.17) is 9.47 Å². The van der Waals surface area contributed by atoms with Crippen molar-refractivity contribution in [1.29, 1.82) is 0 Å². The van der Waals surface area contributed by atoms with Gasteiger partial charge in [0.15, 0.2) is 0 Å². The lowest BCUT2D eigenvalue weighted by Crippen LogP contribution is -2.53. The van der Waals surface area contributed by atoms with Gasteiger partial charge in [0, 0.05) is 0 Å². The van der Waals surface area contributed by atoms with E-state index >= 15 is 0 Å². The number of nitrogens with one attached hydrogen (secondary N) is 1. The van der Waals surface area contributed by atoms with Crippen LogP contribution in [0.25, 0.3) is 0 Å². The maximum Gasteiger partial charge on any atom is 0.329 e. The van der Waals surface area contributed by atoms with Crippen LogP contribution in [0, 0.1) is 0 Å². The minimum absolute atomic E-state index is 0.226. The van der Waals surface area contributed by atoms with E-state index in [1.54, 1.807) is 20.9 Å². The predicted molar refractivity (Wildman–Crippen MR) is 80.1 cm³/mol. The Labute approximate surface area is 121 Å². The molecule has 0 saturated carbocycles. The largest absolute Gasteiger partial charge is 0.491 e. The van der Waals surface area contributed by atoms with Gasteiger partial charge >= 0.3 is 5.97 Å². The van der Waals surface area contributed by atoms with Gasteiger partial charge in [-0.3, -0.25) is 0 Å². The average Bonchev–Trinajstić information content (AvgIpc) is 2.45. The van der Waals surface area contributed by atoms with Gasteiger partial charge in [0.25, 0.3) is 0 Å². The minimum atomic E-state index is -0.843. The normalized spacial score (nSPS) is 13.9. The Morgan fingerprint density at radius 2 is 2.10 bits per heavy atom. The van der Waals surface area contributed by atoms with E-state index in [9.17, 15) is 4.79 Å². The first-order valence-electron chi connectivity index (χ1n) is 7.02. The average molecular weight is 279 g/mol. The molecule has 0 heterocycles. The molecular formula is C16H25NO3. The highest BCUT2D eigenvalue weighted by Gasteiger charge is 2.34. The molecule has 0 fully saturated rings. The molecule has 0 aliphatic carbocycles. The molecule has 1 unspecified atom stereocenters. The van der Waals surface area contributed by atoms with Crippen molar-refractivity contribution in [3.05, 3.63) is 29.8 Å². The van der Waals surface area contributed by atoms with Crippen molar-refractivity contribution in [2.75, 3.05) is 20.3 Å².